The van der Waals surface area contributed by atoms with E-state index < -0.39 is 5.97 Å². The molecule has 1 aromatic heterocycles. The highest BCUT2D eigenvalue weighted by atomic mass is 16.4. The molecule has 21 heavy (non-hydrogen) atoms. The molecule has 4 atom stereocenters. The molecule has 5 heteroatoms. The molecular weight excluding hydrogens is 268 g/mol. The van der Waals surface area contributed by atoms with Crippen molar-refractivity contribution in [2.24, 2.45) is 24.8 Å². The van der Waals surface area contributed by atoms with E-state index in [-0.39, 0.29) is 17.9 Å². The normalized spacial score (nSPS) is 30.6. The Balaban J connectivity index is 1.63. The van der Waals surface area contributed by atoms with E-state index in [1.807, 2.05) is 30.8 Å². The van der Waals surface area contributed by atoms with Crippen LogP contribution in [0.15, 0.2) is 12.3 Å². The number of carbonyl (C=O) groups is 2. The maximum Gasteiger partial charge on any atom is 0.306 e. The summed E-state index contributed by atoms with van der Waals surface area (Å²) < 4.78 is 1.98. The highest BCUT2D eigenvalue weighted by Gasteiger charge is 2.50. The molecule has 2 saturated carbocycles. The van der Waals surface area contributed by atoms with Gasteiger partial charge in [0, 0.05) is 25.0 Å². The first-order valence-corrected chi connectivity index (χ1v) is 7.69. The van der Waals surface area contributed by atoms with Crippen LogP contribution in [-0.4, -0.2) is 27.6 Å². The number of aliphatic carboxylic acids is 1. The van der Waals surface area contributed by atoms with Gasteiger partial charge in [0.25, 0.3) is 5.91 Å². The number of amides is 1. The van der Waals surface area contributed by atoms with E-state index >= 15 is 0 Å². The molecule has 0 bridgehead atoms. The van der Waals surface area contributed by atoms with Crippen LogP contribution in [0, 0.1) is 17.8 Å². The van der Waals surface area contributed by atoms with Crippen LogP contribution in [0.4, 0.5) is 0 Å². The van der Waals surface area contributed by atoms with E-state index in [2.05, 4.69) is 5.32 Å². The van der Waals surface area contributed by atoms with Crippen molar-refractivity contribution in [3.8, 4) is 0 Å². The van der Waals surface area contributed by atoms with Gasteiger partial charge in [-0.25, -0.2) is 0 Å². The topological polar surface area (TPSA) is 71.3 Å². The Morgan fingerprint density at radius 1 is 1.38 bits per heavy atom. The Morgan fingerprint density at radius 2 is 2.14 bits per heavy atom. The van der Waals surface area contributed by atoms with Crippen molar-refractivity contribution in [2.45, 2.75) is 38.6 Å². The summed E-state index contributed by atoms with van der Waals surface area (Å²) >= 11 is 0. The van der Waals surface area contributed by atoms with Gasteiger partial charge in [-0.2, -0.15) is 0 Å². The third-order valence-corrected chi connectivity index (χ3v) is 5.27. The highest BCUT2D eigenvalue weighted by molar-refractivity contribution is 5.95. The van der Waals surface area contributed by atoms with E-state index in [1.165, 1.54) is 0 Å². The first kappa shape index (κ1) is 14.2. The minimum Gasteiger partial charge on any atom is -0.481 e. The molecule has 1 heterocycles. The van der Waals surface area contributed by atoms with Gasteiger partial charge in [0.15, 0.2) is 0 Å². The number of nitrogens with zero attached hydrogens (tertiary/aromatic N) is 1. The molecule has 2 N–H and O–H groups in total. The Hall–Kier alpha value is -1.78. The average molecular weight is 290 g/mol. The second-order valence-corrected chi connectivity index (χ2v) is 6.39. The predicted molar refractivity (Wildman–Crippen MR) is 78.0 cm³/mol. The number of aromatic nitrogens is 1. The zero-order chi connectivity index (χ0) is 15.1. The second-order valence-electron chi connectivity index (χ2n) is 6.39. The molecule has 2 fully saturated rings. The number of hydrogen-bond donors (Lipinski definition) is 2. The van der Waals surface area contributed by atoms with Crippen LogP contribution in [0.1, 0.15) is 42.2 Å². The van der Waals surface area contributed by atoms with Gasteiger partial charge in [0.1, 0.15) is 0 Å². The predicted octanol–water partition coefficient (Wildman–Crippen LogP) is 1.82. The van der Waals surface area contributed by atoms with Crippen molar-refractivity contribution >= 4 is 11.9 Å². The lowest BCUT2D eigenvalue weighted by molar-refractivity contribution is -0.141. The van der Waals surface area contributed by atoms with Crippen LogP contribution in [0.2, 0.25) is 0 Å². The third-order valence-electron chi connectivity index (χ3n) is 5.27. The van der Waals surface area contributed by atoms with Crippen LogP contribution < -0.4 is 5.32 Å². The van der Waals surface area contributed by atoms with Crippen molar-refractivity contribution < 1.29 is 14.7 Å². The van der Waals surface area contributed by atoms with Gasteiger partial charge in [-0.15, -0.1) is 0 Å². The second kappa shape index (κ2) is 5.20. The number of carboxylic acids is 1. The summed E-state index contributed by atoms with van der Waals surface area (Å²) in [5, 5.41) is 12.2. The van der Waals surface area contributed by atoms with E-state index in [0.29, 0.717) is 18.3 Å². The summed E-state index contributed by atoms with van der Waals surface area (Å²) in [7, 11) is 1.95. The molecule has 1 aromatic rings. The van der Waals surface area contributed by atoms with Crippen LogP contribution in [0.3, 0.4) is 0 Å². The Morgan fingerprint density at radius 3 is 2.81 bits per heavy atom. The molecule has 3 rings (SSSR count). The van der Waals surface area contributed by atoms with Gasteiger partial charge in [0.2, 0.25) is 0 Å². The van der Waals surface area contributed by atoms with Crippen molar-refractivity contribution in [1.29, 1.82) is 0 Å². The molecule has 1 amide bonds. The molecule has 5 nitrogen and oxygen atoms in total. The number of hydrogen-bond acceptors (Lipinski definition) is 2. The minimum atomic E-state index is -0.689. The molecule has 0 spiro atoms. The van der Waals surface area contributed by atoms with Gasteiger partial charge >= 0.3 is 5.97 Å². The molecule has 2 aliphatic rings. The number of fused-ring (bicyclic) bond motifs is 1. The molecule has 1 unspecified atom stereocenters. The number of carbonyl (C=O) groups excluding carboxylic acids is 1. The zero-order valence-electron chi connectivity index (χ0n) is 12.5. The van der Waals surface area contributed by atoms with Crippen molar-refractivity contribution in [3.63, 3.8) is 0 Å². The van der Waals surface area contributed by atoms with Crippen molar-refractivity contribution in [3.05, 3.63) is 23.5 Å². The maximum atomic E-state index is 12.4. The Labute approximate surface area is 124 Å². The minimum absolute atomic E-state index is 0.0188. The number of rotatable bonds is 4. The third kappa shape index (κ3) is 2.34. The van der Waals surface area contributed by atoms with Crippen LogP contribution in [0.5, 0.6) is 0 Å². The van der Waals surface area contributed by atoms with Gasteiger partial charge < -0.3 is 15.0 Å². The fourth-order valence-corrected chi connectivity index (χ4v) is 4.05. The Bertz CT molecular complexity index is 578. The highest BCUT2D eigenvalue weighted by Crippen LogP contribution is 2.49. The molecule has 0 radical (unpaired) electrons. The van der Waals surface area contributed by atoms with Crippen molar-refractivity contribution in [2.75, 3.05) is 0 Å². The fourth-order valence-electron chi connectivity index (χ4n) is 4.05. The molecule has 0 saturated heterocycles. The SMILES string of the molecule is CCc1c(C(=O)N[C@@H]2C[C@@H]3CC(C(=O)O)C[C@@H]32)ccn1C. The summed E-state index contributed by atoms with van der Waals surface area (Å²) in [6.07, 6.45) is 5.14. The molecule has 114 valence electrons. The zero-order valence-corrected chi connectivity index (χ0v) is 12.5. The van der Waals surface area contributed by atoms with E-state index in [0.717, 1.165) is 30.5 Å². The first-order valence-electron chi connectivity index (χ1n) is 7.69. The van der Waals surface area contributed by atoms with Gasteiger partial charge in [-0.05, 0) is 43.6 Å². The van der Waals surface area contributed by atoms with E-state index in [9.17, 15) is 9.59 Å². The summed E-state index contributed by atoms with van der Waals surface area (Å²) in [6, 6.07) is 2.01. The van der Waals surface area contributed by atoms with Gasteiger partial charge in [0.05, 0.1) is 11.5 Å². The summed E-state index contributed by atoms with van der Waals surface area (Å²) in [6.45, 7) is 2.04. The molecule has 2 aliphatic carbocycles. The number of carboxylic acid groups (broad SMARTS) is 1. The lowest BCUT2D eigenvalue weighted by Crippen LogP contribution is -2.50. The number of aryl methyl sites for hydroxylation is 1. The van der Waals surface area contributed by atoms with Crippen LogP contribution >= 0.6 is 0 Å². The largest absolute Gasteiger partial charge is 0.481 e. The van der Waals surface area contributed by atoms with Gasteiger partial charge in [-0.1, -0.05) is 6.92 Å². The summed E-state index contributed by atoms with van der Waals surface area (Å²) in [5.41, 5.74) is 1.79. The quantitative estimate of drug-likeness (QED) is 0.888. The van der Waals surface area contributed by atoms with E-state index in [1.54, 1.807) is 0 Å². The molecular formula is C16H22N2O3. The summed E-state index contributed by atoms with van der Waals surface area (Å²) in [5.74, 6) is -0.0908. The lowest BCUT2D eigenvalue weighted by atomic mass is 9.71. The average Bonchev–Trinajstić information content (AvgIpc) is 2.96. The fraction of sp³-hybridized carbons (Fsp3) is 0.625. The van der Waals surface area contributed by atoms with Crippen molar-refractivity contribution in [1.82, 2.24) is 9.88 Å². The maximum absolute atomic E-state index is 12.4. The molecule has 0 aromatic carbocycles. The standard InChI is InChI=1S/C16H22N2O3/c1-3-14-11(4-5-18(14)2)15(19)17-13-8-9-6-10(16(20)21)7-12(9)13/h4-5,9-10,12-13H,3,6-8H2,1-2H3,(H,17,19)(H,20,21)/t9-,10?,12-,13+/m0/s1. The summed E-state index contributed by atoms with van der Waals surface area (Å²) in [4.78, 5) is 23.5. The first-order chi connectivity index (χ1) is 10.0. The van der Waals surface area contributed by atoms with E-state index in [4.69, 9.17) is 5.11 Å². The lowest BCUT2D eigenvalue weighted by Gasteiger charge is -2.40. The van der Waals surface area contributed by atoms with Gasteiger partial charge in [-0.3, -0.25) is 9.59 Å². The number of nitrogens with one attached hydrogen (secondary N) is 1. The Kier molecular flexibility index (Phi) is 3.51. The smallest absolute Gasteiger partial charge is 0.306 e. The monoisotopic (exact) mass is 290 g/mol. The van der Waals surface area contributed by atoms with Crippen LogP contribution in [0.25, 0.3) is 0 Å². The van der Waals surface area contributed by atoms with Crippen LogP contribution in [-0.2, 0) is 18.3 Å². The molecule has 0 aliphatic heterocycles.